The monoisotopic (exact) mass is 334 g/mol. The number of fused-ring (bicyclic) bond motifs is 1. The molecule has 5 heteroatoms. The fraction of sp³-hybridized carbons (Fsp3) is 0.312. The molecular weight excluding hydrogens is 320 g/mol. The Hall–Kier alpha value is -0.990. The van der Waals surface area contributed by atoms with Crippen molar-refractivity contribution < 1.29 is 0 Å². The van der Waals surface area contributed by atoms with E-state index in [1.54, 1.807) is 23.1 Å². The van der Waals surface area contributed by atoms with Crippen molar-refractivity contribution in [3.63, 3.8) is 0 Å². The van der Waals surface area contributed by atoms with E-state index in [2.05, 4.69) is 17.5 Å². The first-order chi connectivity index (χ1) is 10.3. The van der Waals surface area contributed by atoms with Crippen molar-refractivity contribution in [2.45, 2.75) is 23.5 Å². The van der Waals surface area contributed by atoms with Crippen LogP contribution in [0.3, 0.4) is 0 Å². The molecular formula is C16H15ClN2S2. The Morgan fingerprint density at radius 3 is 3.00 bits per heavy atom. The first-order valence-corrected chi connectivity index (χ1v) is 9.13. The molecule has 0 atom stereocenters. The van der Waals surface area contributed by atoms with Crippen LogP contribution in [0, 0.1) is 11.3 Å². The quantitative estimate of drug-likeness (QED) is 0.852. The van der Waals surface area contributed by atoms with Crippen LogP contribution in [0.15, 0.2) is 28.5 Å². The van der Waals surface area contributed by atoms with Gasteiger partial charge in [0.1, 0.15) is 6.07 Å². The van der Waals surface area contributed by atoms with Gasteiger partial charge in [0.25, 0.3) is 0 Å². The summed E-state index contributed by atoms with van der Waals surface area (Å²) in [6.45, 7) is 2.05. The Balaban J connectivity index is 1.83. The van der Waals surface area contributed by atoms with Gasteiger partial charge in [-0.1, -0.05) is 17.7 Å². The third-order valence-electron chi connectivity index (χ3n) is 3.57. The number of nitriles is 1. The van der Waals surface area contributed by atoms with Crippen molar-refractivity contribution >= 4 is 34.7 Å². The standard InChI is InChI=1S/C16H15ClN2S2/c17-15-2-1-12-3-5-19-6-4-14(12)16(15)21-10-13-7-11(8-18)9-20-13/h1-2,7,9,19H,3-6,10H2. The second-order valence-electron chi connectivity index (χ2n) is 4.97. The lowest BCUT2D eigenvalue weighted by Crippen LogP contribution is -2.16. The Morgan fingerprint density at radius 1 is 1.33 bits per heavy atom. The first kappa shape index (κ1) is 14.9. The number of nitrogens with one attached hydrogen (secondary N) is 1. The van der Waals surface area contributed by atoms with Crippen LogP contribution in [0.2, 0.25) is 5.02 Å². The summed E-state index contributed by atoms with van der Waals surface area (Å²) in [6.07, 6.45) is 2.10. The number of rotatable bonds is 3. The molecule has 1 aliphatic rings. The average Bonchev–Trinajstić information content (AvgIpc) is 2.82. The summed E-state index contributed by atoms with van der Waals surface area (Å²) in [7, 11) is 0. The highest BCUT2D eigenvalue weighted by atomic mass is 35.5. The van der Waals surface area contributed by atoms with Crippen LogP contribution in [0.4, 0.5) is 0 Å². The fourth-order valence-corrected chi connectivity index (χ4v) is 4.89. The Morgan fingerprint density at radius 2 is 2.19 bits per heavy atom. The molecule has 0 aliphatic carbocycles. The van der Waals surface area contributed by atoms with Crippen molar-refractivity contribution in [1.82, 2.24) is 5.32 Å². The zero-order valence-corrected chi connectivity index (χ0v) is 13.9. The molecule has 2 aromatic rings. The molecule has 108 valence electrons. The van der Waals surface area contributed by atoms with E-state index in [0.29, 0.717) is 0 Å². The second kappa shape index (κ2) is 6.85. The van der Waals surface area contributed by atoms with Crippen LogP contribution in [-0.2, 0) is 18.6 Å². The minimum absolute atomic E-state index is 0.748. The van der Waals surface area contributed by atoms with Gasteiger partial charge in [0.05, 0.1) is 10.6 Å². The van der Waals surface area contributed by atoms with Gasteiger partial charge in [-0.15, -0.1) is 23.1 Å². The highest BCUT2D eigenvalue weighted by Crippen LogP contribution is 2.36. The number of hydrogen-bond donors (Lipinski definition) is 1. The van der Waals surface area contributed by atoms with Gasteiger partial charge in [0, 0.05) is 20.9 Å². The molecule has 1 aliphatic heterocycles. The maximum absolute atomic E-state index is 8.89. The third-order valence-corrected chi connectivity index (χ3v) is 6.33. The lowest BCUT2D eigenvalue weighted by Gasteiger charge is -2.13. The molecule has 0 saturated carbocycles. The minimum atomic E-state index is 0.748. The van der Waals surface area contributed by atoms with Gasteiger partial charge in [-0.25, -0.2) is 0 Å². The molecule has 21 heavy (non-hydrogen) atoms. The van der Waals surface area contributed by atoms with E-state index in [1.165, 1.54) is 20.9 Å². The summed E-state index contributed by atoms with van der Waals surface area (Å²) >= 11 is 9.85. The molecule has 2 heterocycles. The molecule has 3 rings (SSSR count). The number of thioether (sulfide) groups is 1. The van der Waals surface area contributed by atoms with Crippen LogP contribution in [0.25, 0.3) is 0 Å². The summed E-state index contributed by atoms with van der Waals surface area (Å²) in [4.78, 5) is 2.43. The first-order valence-electron chi connectivity index (χ1n) is 6.89. The van der Waals surface area contributed by atoms with Crippen molar-refractivity contribution in [3.8, 4) is 6.07 Å². The molecule has 1 aromatic heterocycles. The Kier molecular flexibility index (Phi) is 4.87. The van der Waals surface area contributed by atoms with E-state index < -0.39 is 0 Å². The molecule has 0 bridgehead atoms. The maximum Gasteiger partial charge on any atom is 0.100 e. The predicted molar refractivity (Wildman–Crippen MR) is 90.3 cm³/mol. The predicted octanol–water partition coefficient (Wildman–Crippen LogP) is 4.25. The van der Waals surface area contributed by atoms with Crippen LogP contribution in [0.1, 0.15) is 21.6 Å². The zero-order chi connectivity index (χ0) is 14.7. The smallest absolute Gasteiger partial charge is 0.100 e. The van der Waals surface area contributed by atoms with E-state index in [1.807, 2.05) is 17.5 Å². The molecule has 1 aromatic carbocycles. The Labute approximate surface area is 138 Å². The molecule has 0 spiro atoms. The largest absolute Gasteiger partial charge is 0.316 e. The molecule has 0 unspecified atom stereocenters. The van der Waals surface area contributed by atoms with Gasteiger partial charge in [0.15, 0.2) is 0 Å². The second-order valence-corrected chi connectivity index (χ2v) is 7.35. The van der Waals surface area contributed by atoms with Gasteiger partial charge < -0.3 is 5.32 Å². The summed E-state index contributed by atoms with van der Waals surface area (Å²) in [6, 6.07) is 8.33. The number of thiophene rings is 1. The molecule has 1 N–H and O–H groups in total. The highest BCUT2D eigenvalue weighted by molar-refractivity contribution is 7.98. The zero-order valence-electron chi connectivity index (χ0n) is 11.5. The van der Waals surface area contributed by atoms with E-state index in [4.69, 9.17) is 16.9 Å². The van der Waals surface area contributed by atoms with Crippen LogP contribution in [0.5, 0.6) is 0 Å². The highest BCUT2D eigenvalue weighted by Gasteiger charge is 2.15. The van der Waals surface area contributed by atoms with Crippen molar-refractivity contribution in [2.24, 2.45) is 0 Å². The number of hydrogen-bond acceptors (Lipinski definition) is 4. The van der Waals surface area contributed by atoms with E-state index in [0.717, 1.165) is 42.3 Å². The Bertz CT molecular complexity index is 688. The van der Waals surface area contributed by atoms with E-state index >= 15 is 0 Å². The van der Waals surface area contributed by atoms with Gasteiger partial charge in [0.2, 0.25) is 0 Å². The molecule has 0 radical (unpaired) electrons. The van der Waals surface area contributed by atoms with Crippen LogP contribution < -0.4 is 5.32 Å². The number of halogens is 1. The summed E-state index contributed by atoms with van der Waals surface area (Å²) in [5.41, 5.74) is 3.56. The molecule has 0 amide bonds. The number of nitrogens with zero attached hydrogens (tertiary/aromatic N) is 1. The molecule has 0 saturated heterocycles. The topological polar surface area (TPSA) is 35.8 Å². The molecule has 2 nitrogen and oxygen atoms in total. The number of benzene rings is 1. The van der Waals surface area contributed by atoms with E-state index in [-0.39, 0.29) is 0 Å². The fourth-order valence-electron chi connectivity index (χ4n) is 2.52. The van der Waals surface area contributed by atoms with Gasteiger partial charge in [-0.2, -0.15) is 5.26 Å². The van der Waals surface area contributed by atoms with E-state index in [9.17, 15) is 0 Å². The lowest BCUT2D eigenvalue weighted by molar-refractivity contribution is 0.709. The SMILES string of the molecule is N#Cc1csc(CSc2c(Cl)ccc3c2CCNCC3)c1. The summed E-state index contributed by atoms with van der Waals surface area (Å²) < 4.78 is 0. The van der Waals surface area contributed by atoms with Crippen LogP contribution in [-0.4, -0.2) is 13.1 Å². The normalized spacial score (nSPS) is 14.3. The van der Waals surface area contributed by atoms with Gasteiger partial charge in [-0.05, 0) is 49.2 Å². The lowest BCUT2D eigenvalue weighted by atomic mass is 10.0. The minimum Gasteiger partial charge on any atom is -0.316 e. The molecule has 0 fully saturated rings. The van der Waals surface area contributed by atoms with Gasteiger partial charge >= 0.3 is 0 Å². The summed E-state index contributed by atoms with van der Waals surface area (Å²) in [5, 5.41) is 15.1. The van der Waals surface area contributed by atoms with Gasteiger partial charge in [-0.3, -0.25) is 0 Å². The third kappa shape index (κ3) is 3.44. The summed E-state index contributed by atoms with van der Waals surface area (Å²) in [5.74, 6) is 0.871. The van der Waals surface area contributed by atoms with Crippen molar-refractivity contribution in [1.29, 1.82) is 5.26 Å². The van der Waals surface area contributed by atoms with Crippen molar-refractivity contribution in [3.05, 3.63) is 50.2 Å². The maximum atomic E-state index is 8.89. The average molecular weight is 335 g/mol. The van der Waals surface area contributed by atoms with Crippen LogP contribution >= 0.6 is 34.7 Å². The van der Waals surface area contributed by atoms with Crippen molar-refractivity contribution in [2.75, 3.05) is 13.1 Å².